The Labute approximate surface area is 126 Å². The van der Waals surface area contributed by atoms with Gasteiger partial charge in [-0.25, -0.2) is 0 Å². The van der Waals surface area contributed by atoms with E-state index in [0.29, 0.717) is 0 Å². The lowest BCUT2D eigenvalue weighted by atomic mass is 10.1. The zero-order chi connectivity index (χ0) is 14.5. The minimum Gasteiger partial charge on any atom is -0.322 e. The number of hydrogen-bond acceptors (Lipinski definition) is 2. The van der Waals surface area contributed by atoms with Crippen LogP contribution in [0.25, 0.3) is 0 Å². The summed E-state index contributed by atoms with van der Waals surface area (Å²) in [5, 5.41) is 4.09. The van der Waals surface area contributed by atoms with Crippen LogP contribution in [0.4, 0.5) is 0 Å². The molecule has 110 valence electrons. The first-order valence-corrected chi connectivity index (χ1v) is 7.83. The standard InChI is InChI=1S/C16H23ClN2O/c1-3-4-5-6-11-19-15(18-12(2)16(19)20)13-7-9-14(17)10-8-13/h7-10,12,15,18H,3-6,11H2,1-2H3. The molecular weight excluding hydrogens is 272 g/mol. The van der Waals surface area contributed by atoms with E-state index < -0.39 is 0 Å². The van der Waals surface area contributed by atoms with Gasteiger partial charge in [0, 0.05) is 11.6 Å². The van der Waals surface area contributed by atoms with Crippen LogP contribution in [0.15, 0.2) is 24.3 Å². The number of nitrogens with zero attached hydrogens (tertiary/aromatic N) is 1. The second-order valence-corrected chi connectivity index (χ2v) is 5.87. The van der Waals surface area contributed by atoms with Gasteiger partial charge in [0.1, 0.15) is 6.17 Å². The van der Waals surface area contributed by atoms with E-state index in [1.165, 1.54) is 19.3 Å². The van der Waals surface area contributed by atoms with Crippen molar-refractivity contribution in [1.29, 1.82) is 0 Å². The minimum absolute atomic E-state index is 0.0172. The Hall–Kier alpha value is -1.06. The average molecular weight is 295 g/mol. The summed E-state index contributed by atoms with van der Waals surface area (Å²) in [6.07, 6.45) is 4.68. The molecule has 1 saturated heterocycles. The summed E-state index contributed by atoms with van der Waals surface area (Å²) in [5.74, 6) is 0.196. The first-order chi connectivity index (χ1) is 9.63. The number of amides is 1. The number of hydrogen-bond donors (Lipinski definition) is 1. The highest BCUT2D eigenvalue weighted by Crippen LogP contribution is 2.26. The van der Waals surface area contributed by atoms with E-state index in [2.05, 4.69) is 12.2 Å². The largest absolute Gasteiger partial charge is 0.322 e. The fourth-order valence-electron chi connectivity index (χ4n) is 2.64. The van der Waals surface area contributed by atoms with Gasteiger partial charge in [0.25, 0.3) is 0 Å². The minimum atomic E-state index is -0.109. The second kappa shape index (κ2) is 7.09. The highest BCUT2D eigenvalue weighted by molar-refractivity contribution is 6.30. The van der Waals surface area contributed by atoms with Crippen molar-refractivity contribution in [3.8, 4) is 0 Å². The maximum Gasteiger partial charge on any atom is 0.241 e. The molecule has 3 nitrogen and oxygen atoms in total. The van der Waals surface area contributed by atoms with E-state index in [4.69, 9.17) is 11.6 Å². The van der Waals surface area contributed by atoms with Crippen LogP contribution >= 0.6 is 11.6 Å². The molecule has 0 spiro atoms. The molecule has 0 radical (unpaired) electrons. The monoisotopic (exact) mass is 294 g/mol. The Morgan fingerprint density at radius 2 is 1.90 bits per heavy atom. The van der Waals surface area contributed by atoms with Gasteiger partial charge in [0.05, 0.1) is 6.04 Å². The molecule has 2 atom stereocenters. The lowest BCUT2D eigenvalue weighted by Crippen LogP contribution is -2.31. The average Bonchev–Trinajstić information content (AvgIpc) is 2.72. The van der Waals surface area contributed by atoms with Crippen molar-refractivity contribution in [1.82, 2.24) is 10.2 Å². The summed E-state index contributed by atoms with van der Waals surface area (Å²) < 4.78 is 0. The van der Waals surface area contributed by atoms with Crippen LogP contribution < -0.4 is 5.32 Å². The molecule has 2 rings (SSSR count). The maximum atomic E-state index is 12.3. The third-order valence-electron chi connectivity index (χ3n) is 3.81. The number of halogens is 1. The molecule has 1 heterocycles. The van der Waals surface area contributed by atoms with Crippen LogP contribution in [0.5, 0.6) is 0 Å². The van der Waals surface area contributed by atoms with Gasteiger partial charge in [-0.15, -0.1) is 0 Å². The van der Waals surface area contributed by atoms with Crippen molar-refractivity contribution >= 4 is 17.5 Å². The highest BCUT2D eigenvalue weighted by Gasteiger charge is 2.36. The van der Waals surface area contributed by atoms with E-state index in [-0.39, 0.29) is 18.1 Å². The number of benzene rings is 1. The Bertz CT molecular complexity index is 446. The quantitative estimate of drug-likeness (QED) is 0.811. The molecule has 0 aromatic heterocycles. The molecule has 1 fully saturated rings. The predicted molar refractivity (Wildman–Crippen MR) is 82.6 cm³/mol. The van der Waals surface area contributed by atoms with Crippen LogP contribution in [-0.2, 0) is 4.79 Å². The van der Waals surface area contributed by atoms with Gasteiger partial charge in [0.15, 0.2) is 0 Å². The van der Waals surface area contributed by atoms with Gasteiger partial charge in [-0.05, 0) is 31.0 Å². The molecule has 0 aliphatic carbocycles. The Morgan fingerprint density at radius 3 is 2.55 bits per heavy atom. The molecule has 4 heteroatoms. The summed E-state index contributed by atoms with van der Waals surface area (Å²) in [6.45, 7) is 4.95. The Balaban J connectivity index is 2.05. The third kappa shape index (κ3) is 3.53. The highest BCUT2D eigenvalue weighted by atomic mass is 35.5. The summed E-state index contributed by atoms with van der Waals surface area (Å²) >= 11 is 5.93. The number of carbonyl (C=O) groups is 1. The van der Waals surface area contributed by atoms with Crippen molar-refractivity contribution in [2.75, 3.05) is 6.54 Å². The molecule has 1 aromatic carbocycles. The van der Waals surface area contributed by atoms with E-state index in [1.54, 1.807) is 0 Å². The van der Waals surface area contributed by atoms with Gasteiger partial charge in [-0.3, -0.25) is 10.1 Å². The summed E-state index contributed by atoms with van der Waals surface area (Å²) in [5.41, 5.74) is 1.10. The number of carbonyl (C=O) groups excluding carboxylic acids is 1. The topological polar surface area (TPSA) is 32.3 Å². The molecule has 1 aliphatic rings. The first kappa shape index (κ1) is 15.3. The van der Waals surface area contributed by atoms with E-state index in [1.807, 2.05) is 36.1 Å². The first-order valence-electron chi connectivity index (χ1n) is 7.45. The van der Waals surface area contributed by atoms with Crippen LogP contribution in [0.3, 0.4) is 0 Å². The van der Waals surface area contributed by atoms with Crippen molar-refractivity contribution in [3.05, 3.63) is 34.9 Å². The van der Waals surface area contributed by atoms with Crippen molar-refractivity contribution in [2.24, 2.45) is 0 Å². The van der Waals surface area contributed by atoms with Crippen molar-refractivity contribution in [3.63, 3.8) is 0 Å². The van der Waals surface area contributed by atoms with Crippen molar-refractivity contribution < 1.29 is 4.79 Å². The molecule has 1 amide bonds. The molecule has 20 heavy (non-hydrogen) atoms. The molecular formula is C16H23ClN2O. The van der Waals surface area contributed by atoms with Crippen LogP contribution in [0, 0.1) is 0 Å². The zero-order valence-electron chi connectivity index (χ0n) is 12.2. The second-order valence-electron chi connectivity index (χ2n) is 5.43. The summed E-state index contributed by atoms with van der Waals surface area (Å²) in [6, 6.07) is 7.62. The Morgan fingerprint density at radius 1 is 1.20 bits per heavy atom. The lowest BCUT2D eigenvalue weighted by molar-refractivity contribution is -0.129. The van der Waals surface area contributed by atoms with Gasteiger partial charge >= 0.3 is 0 Å². The van der Waals surface area contributed by atoms with E-state index in [0.717, 1.165) is 23.6 Å². The molecule has 0 saturated carbocycles. The predicted octanol–water partition coefficient (Wildman–Crippen LogP) is 3.74. The number of nitrogens with one attached hydrogen (secondary N) is 1. The lowest BCUT2D eigenvalue weighted by Gasteiger charge is -2.24. The van der Waals surface area contributed by atoms with Gasteiger partial charge in [-0.1, -0.05) is 49.9 Å². The fraction of sp³-hybridized carbons (Fsp3) is 0.562. The van der Waals surface area contributed by atoms with E-state index >= 15 is 0 Å². The van der Waals surface area contributed by atoms with Crippen LogP contribution in [-0.4, -0.2) is 23.4 Å². The van der Waals surface area contributed by atoms with Crippen molar-refractivity contribution in [2.45, 2.75) is 51.7 Å². The Kier molecular flexibility index (Phi) is 5.44. The van der Waals surface area contributed by atoms with Gasteiger partial charge in [0.2, 0.25) is 5.91 Å². The molecule has 0 bridgehead atoms. The smallest absolute Gasteiger partial charge is 0.241 e. The summed E-state index contributed by atoms with van der Waals surface area (Å²) in [4.78, 5) is 14.2. The van der Waals surface area contributed by atoms with Crippen LogP contribution in [0.1, 0.15) is 51.3 Å². The maximum absolute atomic E-state index is 12.3. The number of rotatable bonds is 6. The molecule has 1 N–H and O–H groups in total. The fourth-order valence-corrected chi connectivity index (χ4v) is 2.77. The van der Waals surface area contributed by atoms with Gasteiger partial charge < -0.3 is 4.90 Å². The molecule has 2 unspecified atom stereocenters. The number of unbranched alkanes of at least 4 members (excludes halogenated alkanes) is 3. The van der Waals surface area contributed by atoms with Crippen LogP contribution in [0.2, 0.25) is 5.02 Å². The van der Waals surface area contributed by atoms with Gasteiger partial charge in [-0.2, -0.15) is 0 Å². The zero-order valence-corrected chi connectivity index (χ0v) is 13.0. The SMILES string of the molecule is CCCCCCN1C(=O)C(C)NC1c1ccc(Cl)cc1. The van der Waals surface area contributed by atoms with E-state index in [9.17, 15) is 4.79 Å². The normalized spacial score (nSPS) is 22.6. The third-order valence-corrected chi connectivity index (χ3v) is 4.06. The molecule has 1 aromatic rings. The summed E-state index contributed by atoms with van der Waals surface area (Å²) in [7, 11) is 0. The molecule has 1 aliphatic heterocycles.